The normalized spacial score (nSPS) is 17.2. The molecule has 0 heterocycles. The molecule has 10 nitrogen and oxygen atoms in total. The van der Waals surface area contributed by atoms with Gasteiger partial charge in [0.2, 0.25) is 17.7 Å². The highest BCUT2D eigenvalue weighted by atomic mass is 32.1. The number of amides is 3. The maximum atomic E-state index is 12.6. The van der Waals surface area contributed by atoms with E-state index in [1.165, 1.54) is 6.92 Å². The third-order valence-electron chi connectivity index (χ3n) is 4.72. The molecule has 7 N–H and O–H groups in total. The molecule has 0 bridgehead atoms. The lowest BCUT2D eigenvalue weighted by atomic mass is 9.98. The van der Waals surface area contributed by atoms with Crippen molar-refractivity contribution in [1.82, 2.24) is 16.0 Å². The molecule has 0 radical (unpaired) electrons. The molecule has 174 valence electrons. The van der Waals surface area contributed by atoms with Gasteiger partial charge in [0.1, 0.15) is 18.1 Å². The van der Waals surface area contributed by atoms with Crippen molar-refractivity contribution in [2.75, 3.05) is 5.75 Å². The topological polar surface area (TPSA) is 171 Å². The number of carbonyl (C=O) groups is 4. The van der Waals surface area contributed by atoms with Crippen LogP contribution < -0.4 is 21.7 Å². The second-order valence-corrected chi connectivity index (χ2v) is 8.28. The van der Waals surface area contributed by atoms with E-state index in [0.717, 1.165) is 0 Å². The van der Waals surface area contributed by atoms with Gasteiger partial charge in [-0.1, -0.05) is 34.1 Å². The Morgan fingerprint density at radius 1 is 0.933 bits per heavy atom. The van der Waals surface area contributed by atoms with Crippen LogP contribution in [0.1, 0.15) is 47.5 Å². The number of aliphatic hydroxyl groups is 1. The average Bonchev–Trinajstić information content (AvgIpc) is 2.65. The maximum Gasteiger partial charge on any atom is 0.326 e. The molecule has 0 aromatic rings. The minimum atomic E-state index is -1.41. The van der Waals surface area contributed by atoms with E-state index in [0.29, 0.717) is 12.8 Å². The summed E-state index contributed by atoms with van der Waals surface area (Å²) in [6.45, 7) is 8.56. The van der Waals surface area contributed by atoms with E-state index in [9.17, 15) is 29.4 Å². The van der Waals surface area contributed by atoms with Crippen LogP contribution in [-0.2, 0) is 19.2 Å². The Labute approximate surface area is 183 Å². The highest BCUT2D eigenvalue weighted by molar-refractivity contribution is 7.80. The first kappa shape index (κ1) is 28.1. The molecule has 0 saturated heterocycles. The monoisotopic (exact) mass is 448 g/mol. The summed E-state index contributed by atoms with van der Waals surface area (Å²) >= 11 is 4.06. The van der Waals surface area contributed by atoms with Crippen molar-refractivity contribution < 1.29 is 29.4 Å². The first-order valence-corrected chi connectivity index (χ1v) is 10.7. The van der Waals surface area contributed by atoms with Crippen LogP contribution in [0.3, 0.4) is 0 Å². The number of nitrogens with one attached hydrogen (secondary N) is 3. The van der Waals surface area contributed by atoms with Gasteiger partial charge in [0, 0.05) is 5.75 Å². The molecule has 0 aliphatic carbocycles. The van der Waals surface area contributed by atoms with Gasteiger partial charge in [0.15, 0.2) is 0 Å². The van der Waals surface area contributed by atoms with Crippen LogP contribution in [0, 0.1) is 11.8 Å². The predicted molar refractivity (Wildman–Crippen MR) is 116 cm³/mol. The van der Waals surface area contributed by atoms with Crippen molar-refractivity contribution in [2.45, 2.75) is 77.7 Å². The third-order valence-corrected chi connectivity index (χ3v) is 5.08. The molecule has 0 rings (SSSR count). The van der Waals surface area contributed by atoms with E-state index in [1.807, 2.05) is 13.8 Å². The molecular formula is C19H36N4O6S. The Hall–Kier alpha value is -1.85. The zero-order chi connectivity index (χ0) is 23.6. The summed E-state index contributed by atoms with van der Waals surface area (Å²) in [5, 5.41) is 26.5. The van der Waals surface area contributed by atoms with Crippen molar-refractivity contribution in [2.24, 2.45) is 17.6 Å². The van der Waals surface area contributed by atoms with Gasteiger partial charge in [0.25, 0.3) is 0 Å². The zero-order valence-electron chi connectivity index (χ0n) is 18.2. The Morgan fingerprint density at radius 2 is 1.47 bits per heavy atom. The smallest absolute Gasteiger partial charge is 0.326 e. The molecule has 3 amide bonds. The molecule has 0 aliphatic heterocycles. The van der Waals surface area contributed by atoms with Gasteiger partial charge < -0.3 is 31.9 Å². The fraction of sp³-hybridized carbons (Fsp3) is 0.789. The molecule has 6 atom stereocenters. The van der Waals surface area contributed by atoms with E-state index in [-0.39, 0.29) is 17.6 Å². The molecule has 0 fully saturated rings. The largest absolute Gasteiger partial charge is 0.480 e. The molecule has 0 spiro atoms. The second kappa shape index (κ2) is 13.5. The van der Waals surface area contributed by atoms with Crippen LogP contribution in [0.15, 0.2) is 0 Å². The Balaban J connectivity index is 5.21. The SMILES string of the molecule is CCC(C)C(NC(=O)C(NC(=O)C(CS)NC(=O)C(N)CC(C)C)C(C)O)C(=O)O. The number of carboxylic acid groups (broad SMARTS) is 1. The van der Waals surface area contributed by atoms with Gasteiger partial charge in [-0.05, 0) is 25.2 Å². The first-order chi connectivity index (χ1) is 13.8. The lowest BCUT2D eigenvalue weighted by Crippen LogP contribution is -2.60. The highest BCUT2D eigenvalue weighted by Gasteiger charge is 2.33. The number of carboxylic acids is 1. The summed E-state index contributed by atoms with van der Waals surface area (Å²) in [7, 11) is 0. The molecule has 6 unspecified atom stereocenters. The van der Waals surface area contributed by atoms with Gasteiger partial charge in [-0.25, -0.2) is 4.79 Å². The molecule has 0 aromatic heterocycles. The van der Waals surface area contributed by atoms with E-state index in [1.54, 1.807) is 13.8 Å². The summed E-state index contributed by atoms with van der Waals surface area (Å²) in [4.78, 5) is 48.7. The maximum absolute atomic E-state index is 12.6. The Bertz CT molecular complexity index is 602. The highest BCUT2D eigenvalue weighted by Crippen LogP contribution is 2.09. The summed E-state index contributed by atoms with van der Waals surface area (Å²) in [6.07, 6.45) is -0.370. The van der Waals surface area contributed by atoms with Crippen molar-refractivity contribution in [1.29, 1.82) is 0 Å². The molecule has 0 aliphatic rings. The van der Waals surface area contributed by atoms with Crippen molar-refractivity contribution in [3.05, 3.63) is 0 Å². The number of thiol groups is 1. The van der Waals surface area contributed by atoms with E-state index >= 15 is 0 Å². The molecular weight excluding hydrogens is 412 g/mol. The molecule has 11 heteroatoms. The van der Waals surface area contributed by atoms with E-state index in [4.69, 9.17) is 5.73 Å². The fourth-order valence-electron chi connectivity index (χ4n) is 2.67. The average molecular weight is 449 g/mol. The van der Waals surface area contributed by atoms with Gasteiger partial charge in [-0.3, -0.25) is 14.4 Å². The third kappa shape index (κ3) is 9.31. The lowest BCUT2D eigenvalue weighted by molar-refractivity contribution is -0.144. The van der Waals surface area contributed by atoms with Gasteiger partial charge in [-0.2, -0.15) is 12.6 Å². The van der Waals surface area contributed by atoms with E-state index < -0.39 is 54.0 Å². The van der Waals surface area contributed by atoms with Crippen LogP contribution in [0.25, 0.3) is 0 Å². The Kier molecular flexibility index (Phi) is 12.6. The van der Waals surface area contributed by atoms with Crippen LogP contribution in [-0.4, -0.2) is 69.9 Å². The minimum Gasteiger partial charge on any atom is -0.480 e. The number of rotatable bonds is 13. The van der Waals surface area contributed by atoms with Crippen LogP contribution in [0.2, 0.25) is 0 Å². The van der Waals surface area contributed by atoms with Crippen molar-refractivity contribution >= 4 is 36.3 Å². The van der Waals surface area contributed by atoms with Crippen molar-refractivity contribution in [3.8, 4) is 0 Å². The zero-order valence-corrected chi connectivity index (χ0v) is 19.1. The first-order valence-electron chi connectivity index (χ1n) is 10.0. The van der Waals surface area contributed by atoms with E-state index in [2.05, 4.69) is 28.6 Å². The van der Waals surface area contributed by atoms with Gasteiger partial charge in [0.05, 0.1) is 12.1 Å². The van der Waals surface area contributed by atoms with Crippen molar-refractivity contribution in [3.63, 3.8) is 0 Å². The number of carbonyl (C=O) groups excluding carboxylic acids is 3. The number of hydrogen-bond donors (Lipinski definition) is 7. The summed E-state index contributed by atoms with van der Waals surface area (Å²) in [6, 6.07) is -4.47. The summed E-state index contributed by atoms with van der Waals surface area (Å²) in [5.74, 6) is -3.57. The summed E-state index contributed by atoms with van der Waals surface area (Å²) < 4.78 is 0. The van der Waals surface area contributed by atoms with Crippen LogP contribution in [0.5, 0.6) is 0 Å². The van der Waals surface area contributed by atoms with Crippen LogP contribution in [0.4, 0.5) is 0 Å². The Morgan fingerprint density at radius 3 is 1.87 bits per heavy atom. The number of aliphatic hydroxyl groups excluding tert-OH is 1. The molecule has 0 aromatic carbocycles. The predicted octanol–water partition coefficient (Wildman–Crippen LogP) is -0.744. The number of hydrogen-bond acceptors (Lipinski definition) is 7. The number of aliphatic carboxylic acids is 1. The minimum absolute atomic E-state index is 0.0647. The lowest BCUT2D eigenvalue weighted by Gasteiger charge is -2.27. The van der Waals surface area contributed by atoms with Gasteiger partial charge >= 0.3 is 5.97 Å². The standard InChI is InChI=1S/C19H36N4O6S/c1-6-10(4)14(19(28)29)22-18(27)15(11(5)24)23-17(26)13(8-30)21-16(25)12(20)7-9(2)3/h9-15,24,30H,6-8,20H2,1-5H3,(H,21,25)(H,22,27)(H,23,26)(H,28,29). The fourth-order valence-corrected chi connectivity index (χ4v) is 2.93. The second-order valence-electron chi connectivity index (χ2n) is 7.92. The molecule has 30 heavy (non-hydrogen) atoms. The van der Waals surface area contributed by atoms with Gasteiger partial charge in [-0.15, -0.1) is 0 Å². The quantitative estimate of drug-likeness (QED) is 0.182. The molecule has 0 saturated carbocycles. The number of nitrogens with two attached hydrogens (primary N) is 1. The summed E-state index contributed by atoms with van der Waals surface area (Å²) in [5.41, 5.74) is 5.82. The van der Waals surface area contributed by atoms with Crippen LogP contribution >= 0.6 is 12.6 Å².